The smallest absolute Gasteiger partial charge is 0.269 e. The number of nitro groups is 2. The summed E-state index contributed by atoms with van der Waals surface area (Å²) in [7, 11) is -8.04. The number of aliphatic hydroxyl groups is 1. The van der Waals surface area contributed by atoms with E-state index < -0.39 is 39.9 Å². The van der Waals surface area contributed by atoms with E-state index in [4.69, 9.17) is 5.11 Å². The Morgan fingerprint density at radius 2 is 0.841 bits per heavy atom. The van der Waals surface area contributed by atoms with Gasteiger partial charge >= 0.3 is 0 Å². The standard InChI is InChI=1S/C14H16N2.2C6H5NO5S.CH4O/c1-9-7-11(3-5-13(9)15)12-4-6-14(16)10(2)8-12;2*8-7(9)5-1-3-6(4-2-5)13(10,11)12;1-2/h3-8H,15-16H2,1-2H3;2*1-4H,(H,10,11,12);2H,1H3. The molecule has 0 bridgehead atoms. The molecule has 4 aromatic rings. The second-order valence-corrected chi connectivity index (χ2v) is 11.5. The topological polar surface area (TPSA) is 276 Å². The monoisotopic (exact) mass is 650 g/mol. The molecule has 0 aliphatic heterocycles. The number of benzene rings is 4. The number of nitro benzene ring substituents is 2. The van der Waals surface area contributed by atoms with Crippen LogP contribution in [-0.2, 0) is 20.2 Å². The van der Waals surface area contributed by atoms with Crippen LogP contribution >= 0.6 is 0 Å². The van der Waals surface area contributed by atoms with Crippen molar-refractivity contribution in [1.29, 1.82) is 0 Å². The molecule has 0 unspecified atom stereocenters. The lowest BCUT2D eigenvalue weighted by Gasteiger charge is -2.05. The van der Waals surface area contributed by atoms with Crippen molar-refractivity contribution in [2.45, 2.75) is 23.6 Å². The average Bonchev–Trinajstić information content (AvgIpc) is 2.97. The van der Waals surface area contributed by atoms with Crippen LogP contribution in [0.5, 0.6) is 0 Å². The van der Waals surface area contributed by atoms with E-state index in [0.717, 1.165) is 67.0 Å². The molecule has 4 aromatic carbocycles. The van der Waals surface area contributed by atoms with Gasteiger partial charge in [0.25, 0.3) is 11.4 Å². The van der Waals surface area contributed by atoms with Gasteiger partial charge in [0, 0.05) is 42.5 Å². The van der Waals surface area contributed by atoms with Crippen LogP contribution < -0.4 is 11.5 Å². The summed E-state index contributed by atoms with van der Waals surface area (Å²) < 4.78 is 62.3. The summed E-state index contributed by atoms with van der Waals surface area (Å²) in [5, 5.41) is 27.3. The third-order valence-corrected chi connectivity index (χ3v) is 7.39. The molecular formula is C27H30N4O11S2. The highest BCUT2D eigenvalue weighted by atomic mass is 32.2. The van der Waals surface area contributed by atoms with Crippen LogP contribution in [0, 0.1) is 34.1 Å². The number of nitrogens with zero attached hydrogens (tertiary/aromatic N) is 2. The fourth-order valence-corrected chi connectivity index (χ4v) is 4.16. The Hall–Kier alpha value is -4.62. The Labute approximate surface area is 253 Å². The molecule has 0 atom stereocenters. The summed E-state index contributed by atoms with van der Waals surface area (Å²) in [5.41, 5.74) is 14.6. The van der Waals surface area contributed by atoms with Gasteiger partial charge in [-0.05, 0) is 85.6 Å². The maximum Gasteiger partial charge on any atom is 0.269 e. The zero-order valence-electron chi connectivity index (χ0n) is 23.7. The molecule has 44 heavy (non-hydrogen) atoms. The molecule has 15 nitrogen and oxygen atoms in total. The first-order chi connectivity index (χ1) is 20.4. The Morgan fingerprint density at radius 1 is 0.568 bits per heavy atom. The Balaban J connectivity index is 0.000000323. The van der Waals surface area contributed by atoms with Crippen molar-refractivity contribution < 1.29 is 52.4 Å². The largest absolute Gasteiger partial charge is 0.744 e. The van der Waals surface area contributed by atoms with Crippen molar-refractivity contribution in [1.82, 2.24) is 0 Å². The van der Waals surface area contributed by atoms with E-state index in [9.17, 15) is 46.2 Å². The molecule has 0 aromatic heterocycles. The molecule has 0 spiro atoms. The molecule has 4 rings (SSSR count). The van der Waals surface area contributed by atoms with Gasteiger partial charge in [-0.3, -0.25) is 20.2 Å². The molecule has 0 aliphatic rings. The van der Waals surface area contributed by atoms with Gasteiger partial charge in [0.15, 0.2) is 0 Å². The number of hydrogen-bond donors (Lipinski definition) is 3. The van der Waals surface area contributed by atoms with Crippen LogP contribution in [0.4, 0.5) is 22.7 Å². The Bertz CT molecular complexity index is 1680. The molecule has 0 saturated carbocycles. The van der Waals surface area contributed by atoms with Crippen LogP contribution in [-0.4, -0.2) is 48.0 Å². The zero-order valence-corrected chi connectivity index (χ0v) is 25.4. The maximum atomic E-state index is 10.4. The van der Waals surface area contributed by atoms with Gasteiger partial charge in [-0.1, -0.05) is 0 Å². The minimum absolute atomic E-state index is 0.257. The zero-order chi connectivity index (χ0) is 33.8. The number of non-ortho nitro benzene ring substituents is 2. The molecule has 0 heterocycles. The highest BCUT2D eigenvalue weighted by Gasteiger charge is 2.08. The van der Waals surface area contributed by atoms with E-state index in [1.54, 1.807) is 0 Å². The summed E-state index contributed by atoms with van der Waals surface area (Å²) in [5.74, 6) is 0. The van der Waals surface area contributed by atoms with E-state index in [2.05, 4.69) is 61.7 Å². The van der Waals surface area contributed by atoms with Crippen molar-refractivity contribution in [3.05, 3.63) is 116 Å². The summed E-state index contributed by atoms with van der Waals surface area (Å²) in [6.45, 7) is 4.18. The lowest BCUT2D eigenvalue weighted by molar-refractivity contribution is -0.385. The minimum Gasteiger partial charge on any atom is -0.744 e. The van der Waals surface area contributed by atoms with E-state index >= 15 is 0 Å². The average molecular weight is 651 g/mol. The van der Waals surface area contributed by atoms with Crippen molar-refractivity contribution in [2.75, 3.05) is 7.11 Å². The molecule has 0 saturated heterocycles. The van der Waals surface area contributed by atoms with Gasteiger partial charge in [0.1, 0.15) is 31.6 Å². The first kappa shape index (κ1) is 37.4. The van der Waals surface area contributed by atoms with E-state index in [0.29, 0.717) is 0 Å². The maximum absolute atomic E-state index is 10.4. The van der Waals surface area contributed by atoms with Crippen LogP contribution in [0.1, 0.15) is 11.1 Å². The molecule has 236 valence electrons. The Kier molecular flexibility index (Phi) is 13.8. The number of quaternary nitrogens is 2. The molecule has 17 heteroatoms. The third kappa shape index (κ3) is 11.6. The summed E-state index contributed by atoms with van der Waals surface area (Å²) in [6, 6.07) is 20.2. The first-order valence-corrected chi connectivity index (χ1v) is 14.9. The fourth-order valence-electron chi connectivity index (χ4n) is 3.22. The second kappa shape index (κ2) is 16.3. The number of aryl methyl sites for hydroxylation is 2. The SMILES string of the molecule is CO.Cc1cc(-c2ccc([NH3+])c(C)c2)ccc1[NH3+].O=[N+]([O-])c1ccc(S(=O)(=O)[O-])cc1.O=[N+]([O-])c1ccc(S(=O)(=O)[O-])cc1. The second-order valence-electron chi connectivity index (χ2n) is 8.69. The van der Waals surface area contributed by atoms with Crippen molar-refractivity contribution in [3.8, 4) is 11.1 Å². The van der Waals surface area contributed by atoms with Gasteiger partial charge in [-0.25, -0.2) is 16.8 Å². The normalized spacial score (nSPS) is 10.5. The van der Waals surface area contributed by atoms with Crippen LogP contribution in [0.25, 0.3) is 11.1 Å². The number of hydrogen-bond acceptors (Lipinski definition) is 11. The molecule has 0 fully saturated rings. The minimum atomic E-state index is -4.52. The van der Waals surface area contributed by atoms with Crippen molar-refractivity contribution in [3.63, 3.8) is 0 Å². The molecule has 0 amide bonds. The predicted octanol–water partition coefficient (Wildman–Crippen LogP) is 2.32. The van der Waals surface area contributed by atoms with Gasteiger partial charge in [-0.2, -0.15) is 0 Å². The van der Waals surface area contributed by atoms with Gasteiger partial charge < -0.3 is 25.7 Å². The predicted molar refractivity (Wildman–Crippen MR) is 157 cm³/mol. The molecule has 7 N–H and O–H groups in total. The van der Waals surface area contributed by atoms with Gasteiger partial charge in [-0.15, -0.1) is 0 Å². The lowest BCUT2D eigenvalue weighted by Crippen LogP contribution is -2.41. The van der Waals surface area contributed by atoms with Crippen molar-refractivity contribution in [2.24, 2.45) is 0 Å². The lowest BCUT2D eigenvalue weighted by atomic mass is 10.0. The summed E-state index contributed by atoms with van der Waals surface area (Å²) in [6.07, 6.45) is 0. The van der Waals surface area contributed by atoms with Crippen LogP contribution in [0.3, 0.4) is 0 Å². The van der Waals surface area contributed by atoms with E-state index in [1.807, 2.05) is 0 Å². The van der Waals surface area contributed by atoms with Gasteiger partial charge in [0.05, 0.1) is 19.6 Å². The summed E-state index contributed by atoms with van der Waals surface area (Å²) in [4.78, 5) is 18.0. The third-order valence-electron chi connectivity index (χ3n) is 5.69. The molecular weight excluding hydrogens is 620 g/mol. The van der Waals surface area contributed by atoms with Gasteiger partial charge in [0.2, 0.25) is 0 Å². The van der Waals surface area contributed by atoms with Crippen LogP contribution in [0.2, 0.25) is 0 Å². The number of rotatable bonds is 5. The van der Waals surface area contributed by atoms with E-state index in [-0.39, 0.29) is 11.4 Å². The highest BCUT2D eigenvalue weighted by molar-refractivity contribution is 7.86. The Morgan fingerprint density at radius 3 is 1.05 bits per heavy atom. The quantitative estimate of drug-likeness (QED) is 0.160. The van der Waals surface area contributed by atoms with E-state index in [1.165, 1.54) is 22.3 Å². The summed E-state index contributed by atoms with van der Waals surface area (Å²) >= 11 is 0. The fraction of sp³-hybridized carbons (Fsp3) is 0.111. The highest BCUT2D eigenvalue weighted by Crippen LogP contribution is 2.25. The number of aliphatic hydroxyl groups excluding tert-OH is 1. The molecule has 0 radical (unpaired) electrons. The van der Waals surface area contributed by atoms with Crippen molar-refractivity contribution >= 4 is 43.0 Å². The van der Waals surface area contributed by atoms with Crippen LogP contribution in [0.15, 0.2) is 94.7 Å². The molecule has 0 aliphatic carbocycles. The first-order valence-electron chi connectivity index (χ1n) is 12.1.